The van der Waals surface area contributed by atoms with Gasteiger partial charge in [-0.05, 0) is 19.9 Å². The highest BCUT2D eigenvalue weighted by molar-refractivity contribution is 5.65. The SMILES string of the molecule is CCc1nnc2c(N3CC(N(C)Cc4nnc(C5CC5)o4)C3)nccn12. The molecule has 1 aliphatic carbocycles. The van der Waals surface area contributed by atoms with Gasteiger partial charge in [0.05, 0.1) is 6.54 Å². The molecule has 0 spiro atoms. The minimum Gasteiger partial charge on any atom is -0.424 e. The molecule has 9 heteroatoms. The summed E-state index contributed by atoms with van der Waals surface area (Å²) in [5, 5.41) is 16.9. The van der Waals surface area contributed by atoms with Crippen LogP contribution >= 0.6 is 0 Å². The van der Waals surface area contributed by atoms with Crippen molar-refractivity contribution in [2.24, 2.45) is 0 Å². The van der Waals surface area contributed by atoms with Crippen LogP contribution < -0.4 is 4.90 Å². The second-order valence-corrected chi connectivity index (χ2v) is 7.20. The van der Waals surface area contributed by atoms with Crippen molar-refractivity contribution in [3.8, 4) is 0 Å². The van der Waals surface area contributed by atoms with E-state index in [4.69, 9.17) is 4.42 Å². The average molecular weight is 354 g/mol. The maximum atomic E-state index is 5.77. The number of hydrogen-bond acceptors (Lipinski definition) is 8. The summed E-state index contributed by atoms with van der Waals surface area (Å²) in [7, 11) is 2.10. The van der Waals surface area contributed by atoms with Gasteiger partial charge in [-0.25, -0.2) is 4.98 Å². The third-order valence-corrected chi connectivity index (χ3v) is 5.27. The molecule has 0 atom stereocenters. The van der Waals surface area contributed by atoms with Crippen LogP contribution in [0.2, 0.25) is 0 Å². The molecule has 0 N–H and O–H groups in total. The van der Waals surface area contributed by atoms with Crippen LogP contribution in [-0.2, 0) is 13.0 Å². The van der Waals surface area contributed by atoms with Crippen LogP contribution in [0.4, 0.5) is 5.82 Å². The quantitative estimate of drug-likeness (QED) is 0.654. The van der Waals surface area contributed by atoms with Gasteiger partial charge >= 0.3 is 0 Å². The van der Waals surface area contributed by atoms with Crippen LogP contribution in [0.3, 0.4) is 0 Å². The third-order valence-electron chi connectivity index (χ3n) is 5.27. The second-order valence-electron chi connectivity index (χ2n) is 7.20. The lowest BCUT2D eigenvalue weighted by molar-refractivity contribution is 0.179. The fourth-order valence-corrected chi connectivity index (χ4v) is 3.40. The predicted molar refractivity (Wildman–Crippen MR) is 93.9 cm³/mol. The van der Waals surface area contributed by atoms with Crippen molar-refractivity contribution in [1.29, 1.82) is 0 Å². The molecule has 1 saturated heterocycles. The molecule has 1 saturated carbocycles. The minimum absolute atomic E-state index is 0.432. The standard InChI is InChI=1S/C17H22N8O/c1-3-13-19-21-16-15(18-6-7-25(13)16)24-8-12(9-24)23(2)10-14-20-22-17(26-14)11-4-5-11/h6-7,11-12H,3-5,8-10H2,1-2H3. The lowest BCUT2D eigenvalue weighted by atomic mass is 10.1. The van der Waals surface area contributed by atoms with Crippen molar-refractivity contribution in [3.63, 3.8) is 0 Å². The highest BCUT2D eigenvalue weighted by atomic mass is 16.4. The Bertz CT molecular complexity index is 924. The molecule has 0 aromatic carbocycles. The molecule has 26 heavy (non-hydrogen) atoms. The summed E-state index contributed by atoms with van der Waals surface area (Å²) in [5.74, 6) is 3.87. The van der Waals surface area contributed by atoms with Crippen molar-refractivity contribution >= 4 is 11.5 Å². The molecule has 2 aliphatic rings. The Hall–Kier alpha value is -2.55. The first-order valence-corrected chi connectivity index (χ1v) is 9.19. The van der Waals surface area contributed by atoms with E-state index in [0.717, 1.165) is 42.7 Å². The fourth-order valence-electron chi connectivity index (χ4n) is 3.40. The Balaban J connectivity index is 1.24. The third kappa shape index (κ3) is 2.63. The van der Waals surface area contributed by atoms with E-state index in [1.807, 2.05) is 16.8 Å². The van der Waals surface area contributed by atoms with Crippen LogP contribution in [0.5, 0.6) is 0 Å². The van der Waals surface area contributed by atoms with Crippen molar-refractivity contribution in [2.75, 3.05) is 25.0 Å². The highest BCUT2D eigenvalue weighted by Crippen LogP contribution is 2.39. The number of aromatic nitrogens is 6. The monoisotopic (exact) mass is 354 g/mol. The normalized spacial score (nSPS) is 18.0. The smallest absolute Gasteiger partial charge is 0.230 e. The molecule has 3 aromatic heterocycles. The molecule has 0 bridgehead atoms. The van der Waals surface area contributed by atoms with E-state index < -0.39 is 0 Å². The zero-order valence-corrected chi connectivity index (χ0v) is 15.0. The van der Waals surface area contributed by atoms with Crippen molar-refractivity contribution in [1.82, 2.24) is 34.7 Å². The van der Waals surface area contributed by atoms with Crippen molar-refractivity contribution in [2.45, 2.75) is 44.7 Å². The molecule has 0 unspecified atom stereocenters. The molecule has 0 radical (unpaired) electrons. The zero-order chi connectivity index (χ0) is 17.7. The van der Waals surface area contributed by atoms with Crippen LogP contribution in [-0.4, -0.2) is 60.9 Å². The first-order chi connectivity index (χ1) is 12.7. The average Bonchev–Trinajstić information content (AvgIpc) is 3.20. The number of nitrogens with zero attached hydrogens (tertiary/aromatic N) is 8. The van der Waals surface area contributed by atoms with E-state index in [-0.39, 0.29) is 0 Å². The molecular weight excluding hydrogens is 332 g/mol. The fraction of sp³-hybridized carbons (Fsp3) is 0.588. The first kappa shape index (κ1) is 15.7. The summed E-state index contributed by atoms with van der Waals surface area (Å²) in [6.07, 6.45) is 6.95. The number of fused-ring (bicyclic) bond motifs is 1. The number of likely N-dealkylation sites (N-methyl/N-ethyl adjacent to an activating group) is 1. The van der Waals surface area contributed by atoms with E-state index in [1.165, 1.54) is 12.8 Å². The van der Waals surface area contributed by atoms with Crippen LogP contribution in [0.1, 0.15) is 43.3 Å². The summed E-state index contributed by atoms with van der Waals surface area (Å²) in [6, 6.07) is 0.432. The van der Waals surface area contributed by atoms with Gasteiger partial charge < -0.3 is 9.32 Å². The van der Waals surface area contributed by atoms with Gasteiger partial charge in [-0.15, -0.1) is 20.4 Å². The van der Waals surface area contributed by atoms with Gasteiger partial charge in [0, 0.05) is 43.9 Å². The second kappa shape index (κ2) is 6.01. The van der Waals surface area contributed by atoms with E-state index in [0.29, 0.717) is 24.4 Å². The number of aryl methyl sites for hydroxylation is 1. The Morgan fingerprint density at radius 2 is 2.04 bits per heavy atom. The summed E-state index contributed by atoms with van der Waals surface area (Å²) < 4.78 is 7.79. The summed E-state index contributed by atoms with van der Waals surface area (Å²) in [5.41, 5.74) is 0.830. The van der Waals surface area contributed by atoms with E-state index in [2.05, 4.69) is 49.1 Å². The van der Waals surface area contributed by atoms with Gasteiger partial charge in [-0.2, -0.15) is 0 Å². The summed E-state index contributed by atoms with van der Waals surface area (Å²) >= 11 is 0. The lowest BCUT2D eigenvalue weighted by Crippen LogP contribution is -2.58. The Morgan fingerprint density at radius 1 is 1.19 bits per heavy atom. The molecule has 136 valence electrons. The molecule has 1 aliphatic heterocycles. The van der Waals surface area contributed by atoms with Gasteiger partial charge in [0.15, 0.2) is 5.82 Å². The largest absolute Gasteiger partial charge is 0.424 e. The highest BCUT2D eigenvalue weighted by Gasteiger charge is 2.34. The van der Waals surface area contributed by atoms with Crippen molar-refractivity contribution < 1.29 is 4.42 Å². The molecule has 0 amide bonds. The van der Waals surface area contributed by atoms with Crippen LogP contribution in [0, 0.1) is 0 Å². The van der Waals surface area contributed by atoms with E-state index in [1.54, 1.807) is 0 Å². The minimum atomic E-state index is 0.432. The molecule has 2 fully saturated rings. The van der Waals surface area contributed by atoms with Gasteiger partial charge in [-0.1, -0.05) is 6.92 Å². The summed E-state index contributed by atoms with van der Waals surface area (Å²) in [6.45, 7) is 4.57. The Morgan fingerprint density at radius 3 is 2.81 bits per heavy atom. The molecule has 5 rings (SSSR count). The number of hydrogen-bond donors (Lipinski definition) is 0. The first-order valence-electron chi connectivity index (χ1n) is 9.19. The lowest BCUT2D eigenvalue weighted by Gasteiger charge is -2.44. The Kier molecular flexibility index (Phi) is 3.63. The molecule has 3 aromatic rings. The van der Waals surface area contributed by atoms with Gasteiger partial charge in [0.1, 0.15) is 5.82 Å². The number of anilines is 1. The van der Waals surface area contributed by atoms with E-state index >= 15 is 0 Å². The van der Waals surface area contributed by atoms with Crippen LogP contribution in [0.15, 0.2) is 16.8 Å². The van der Waals surface area contributed by atoms with Gasteiger partial charge in [0.25, 0.3) is 0 Å². The van der Waals surface area contributed by atoms with Gasteiger partial charge in [0.2, 0.25) is 17.4 Å². The topological polar surface area (TPSA) is 88.5 Å². The summed E-state index contributed by atoms with van der Waals surface area (Å²) in [4.78, 5) is 9.04. The zero-order valence-electron chi connectivity index (χ0n) is 15.0. The Labute approximate surface area is 151 Å². The molecule has 4 heterocycles. The predicted octanol–water partition coefficient (Wildman–Crippen LogP) is 1.27. The van der Waals surface area contributed by atoms with Crippen molar-refractivity contribution in [3.05, 3.63) is 30.0 Å². The molecular formula is C17H22N8O. The maximum absolute atomic E-state index is 5.77. The maximum Gasteiger partial charge on any atom is 0.230 e. The van der Waals surface area contributed by atoms with Gasteiger partial charge in [-0.3, -0.25) is 9.30 Å². The van der Waals surface area contributed by atoms with E-state index in [9.17, 15) is 0 Å². The number of rotatable bonds is 6. The van der Waals surface area contributed by atoms with Crippen LogP contribution in [0.25, 0.3) is 5.65 Å². The molecule has 9 nitrogen and oxygen atoms in total.